The van der Waals surface area contributed by atoms with Crippen molar-refractivity contribution in [1.29, 1.82) is 0 Å². The topological polar surface area (TPSA) is 100 Å². The number of pyridine rings is 1. The van der Waals surface area contributed by atoms with Gasteiger partial charge >= 0.3 is 0 Å². The average Bonchev–Trinajstić information content (AvgIpc) is 3.43. The SMILES string of the molecule is CCC(=O)CCCCC[C@H](NC(=O)[C@@H]1CC12CN(C)C2)c1ncc(-c2cc3ccccc3nc2OC)[nH]1. The van der Waals surface area contributed by atoms with E-state index in [2.05, 4.69) is 38.3 Å². The molecular formula is C29H37N5O3. The van der Waals surface area contributed by atoms with Crippen LogP contribution in [0.1, 0.15) is 63.7 Å². The van der Waals surface area contributed by atoms with Gasteiger partial charge in [-0.1, -0.05) is 38.0 Å². The number of nitrogens with zero attached hydrogens (tertiary/aromatic N) is 3. The van der Waals surface area contributed by atoms with Crippen LogP contribution in [0.25, 0.3) is 22.2 Å². The number of carbonyl (C=O) groups is 2. The van der Waals surface area contributed by atoms with Crippen LogP contribution in [0.3, 0.4) is 0 Å². The third-order valence-corrected chi connectivity index (χ3v) is 7.93. The van der Waals surface area contributed by atoms with Crippen molar-refractivity contribution >= 4 is 22.6 Å². The number of ketones is 1. The van der Waals surface area contributed by atoms with Crippen molar-refractivity contribution in [1.82, 2.24) is 25.2 Å². The lowest BCUT2D eigenvalue weighted by Crippen LogP contribution is -2.48. The first kappa shape index (κ1) is 25.4. The monoisotopic (exact) mass is 503 g/mol. The maximum absolute atomic E-state index is 13.2. The maximum Gasteiger partial charge on any atom is 0.224 e. The lowest BCUT2D eigenvalue weighted by Gasteiger charge is -2.37. The quantitative estimate of drug-likeness (QED) is 0.348. The standard InChI is InChI=1S/C29H37N5O3/c1-4-20(35)11-6-5-7-13-24(32-27(36)22-15-29(22)17-34(2)18-29)26-30-16-25(31-26)21-14-19-10-8-9-12-23(19)33-28(21)37-3/h8-10,12,14,16,22,24H,4-7,11,13,15,17-18H2,1-3H3,(H,30,31)(H,32,36)/t22-,24-/m0/s1. The lowest BCUT2D eigenvalue weighted by molar-refractivity contribution is -0.125. The molecule has 8 nitrogen and oxygen atoms in total. The van der Waals surface area contributed by atoms with E-state index in [9.17, 15) is 9.59 Å². The molecule has 1 spiro atoms. The Morgan fingerprint density at radius 1 is 1.24 bits per heavy atom. The van der Waals surface area contributed by atoms with Gasteiger partial charge in [0, 0.05) is 42.7 Å². The van der Waals surface area contributed by atoms with Crippen LogP contribution in [0.5, 0.6) is 5.88 Å². The van der Waals surface area contributed by atoms with Gasteiger partial charge in [0.1, 0.15) is 11.6 Å². The molecule has 0 bridgehead atoms. The molecule has 37 heavy (non-hydrogen) atoms. The van der Waals surface area contributed by atoms with Crippen molar-refractivity contribution in [3.8, 4) is 17.1 Å². The molecule has 1 aliphatic heterocycles. The van der Waals surface area contributed by atoms with E-state index in [1.807, 2.05) is 31.2 Å². The van der Waals surface area contributed by atoms with Crippen LogP contribution in [0.4, 0.5) is 0 Å². The number of rotatable bonds is 12. The van der Waals surface area contributed by atoms with E-state index in [0.717, 1.165) is 73.2 Å². The van der Waals surface area contributed by atoms with Crippen molar-refractivity contribution in [2.45, 2.75) is 57.9 Å². The molecule has 3 aromatic rings. The fourth-order valence-electron chi connectivity index (χ4n) is 5.77. The summed E-state index contributed by atoms with van der Waals surface area (Å²) in [6.07, 6.45) is 7.51. The molecule has 1 saturated carbocycles. The van der Waals surface area contributed by atoms with Gasteiger partial charge in [-0.2, -0.15) is 0 Å². The Bertz CT molecular complexity index is 1280. The Morgan fingerprint density at radius 3 is 2.81 bits per heavy atom. The molecule has 0 unspecified atom stereocenters. The first-order valence-electron chi connectivity index (χ1n) is 13.4. The number of amides is 1. The molecule has 3 heterocycles. The largest absolute Gasteiger partial charge is 0.480 e. The van der Waals surface area contributed by atoms with Gasteiger partial charge in [-0.05, 0) is 38.4 Å². The van der Waals surface area contributed by atoms with Crippen LogP contribution in [0.2, 0.25) is 0 Å². The molecule has 1 saturated heterocycles. The summed E-state index contributed by atoms with van der Waals surface area (Å²) < 4.78 is 5.59. The van der Waals surface area contributed by atoms with E-state index in [-0.39, 0.29) is 23.3 Å². The summed E-state index contributed by atoms with van der Waals surface area (Å²) in [5.74, 6) is 1.80. The van der Waals surface area contributed by atoms with Crippen molar-refractivity contribution in [2.75, 3.05) is 27.2 Å². The number of H-pyrrole nitrogens is 1. The molecule has 2 fully saturated rings. The summed E-state index contributed by atoms with van der Waals surface area (Å²) in [5, 5.41) is 4.32. The summed E-state index contributed by atoms with van der Waals surface area (Å²) in [4.78, 5) is 39.9. The molecule has 2 N–H and O–H groups in total. The third-order valence-electron chi connectivity index (χ3n) is 7.93. The van der Waals surface area contributed by atoms with Gasteiger partial charge in [0.2, 0.25) is 11.8 Å². The average molecular weight is 504 g/mol. The number of carbonyl (C=O) groups excluding carboxylic acids is 2. The number of nitrogens with one attached hydrogen (secondary N) is 2. The van der Waals surface area contributed by atoms with Crippen molar-refractivity contribution in [3.63, 3.8) is 0 Å². The Hall–Kier alpha value is -3.26. The predicted molar refractivity (Wildman–Crippen MR) is 143 cm³/mol. The normalized spacial score (nSPS) is 18.9. The molecule has 2 aliphatic rings. The number of aromatic nitrogens is 3. The van der Waals surface area contributed by atoms with E-state index in [4.69, 9.17) is 4.74 Å². The number of fused-ring (bicyclic) bond motifs is 1. The number of unbranched alkanes of at least 4 members (excludes halogenated alkanes) is 2. The van der Waals surface area contributed by atoms with Crippen molar-refractivity contribution < 1.29 is 14.3 Å². The second kappa shape index (κ2) is 10.6. The molecular weight excluding hydrogens is 466 g/mol. The summed E-state index contributed by atoms with van der Waals surface area (Å²) in [6, 6.07) is 9.78. The molecule has 1 amide bonds. The Balaban J connectivity index is 1.32. The van der Waals surface area contributed by atoms with E-state index in [1.165, 1.54) is 0 Å². The number of benzene rings is 1. The number of aromatic amines is 1. The summed E-state index contributed by atoms with van der Waals surface area (Å²) in [7, 11) is 3.72. The van der Waals surface area contributed by atoms with Gasteiger partial charge in [0.25, 0.3) is 0 Å². The second-order valence-corrected chi connectivity index (χ2v) is 10.8. The Morgan fingerprint density at radius 2 is 2.05 bits per heavy atom. The number of hydrogen-bond acceptors (Lipinski definition) is 6. The second-order valence-electron chi connectivity index (χ2n) is 10.8. The van der Waals surface area contributed by atoms with E-state index in [1.54, 1.807) is 13.3 Å². The fourth-order valence-corrected chi connectivity index (χ4v) is 5.77. The zero-order chi connectivity index (χ0) is 26.0. The lowest BCUT2D eigenvalue weighted by atomic mass is 9.94. The summed E-state index contributed by atoms with van der Waals surface area (Å²) >= 11 is 0. The van der Waals surface area contributed by atoms with Crippen LogP contribution in [-0.2, 0) is 9.59 Å². The molecule has 1 aromatic carbocycles. The number of hydrogen-bond donors (Lipinski definition) is 2. The first-order valence-corrected chi connectivity index (χ1v) is 13.4. The zero-order valence-corrected chi connectivity index (χ0v) is 22.0. The highest BCUT2D eigenvalue weighted by atomic mass is 16.5. The van der Waals surface area contributed by atoms with Gasteiger partial charge in [0.05, 0.1) is 36.1 Å². The smallest absolute Gasteiger partial charge is 0.224 e. The Kier molecular flexibility index (Phi) is 7.29. The maximum atomic E-state index is 13.2. The summed E-state index contributed by atoms with van der Waals surface area (Å²) in [5.41, 5.74) is 2.69. The fraction of sp³-hybridized carbons (Fsp3) is 0.517. The van der Waals surface area contributed by atoms with E-state index >= 15 is 0 Å². The molecule has 196 valence electrons. The summed E-state index contributed by atoms with van der Waals surface area (Å²) in [6.45, 7) is 3.91. The molecule has 2 aromatic heterocycles. The molecule has 1 aliphatic carbocycles. The zero-order valence-electron chi connectivity index (χ0n) is 22.0. The highest BCUT2D eigenvalue weighted by Crippen LogP contribution is 2.58. The van der Waals surface area contributed by atoms with Gasteiger partial charge in [-0.15, -0.1) is 0 Å². The van der Waals surface area contributed by atoms with Gasteiger partial charge in [-0.3, -0.25) is 9.59 Å². The Labute approximate surface area is 218 Å². The number of Topliss-reactive ketones (excluding diaryl/α,β-unsaturated/α-hetero) is 1. The highest BCUT2D eigenvalue weighted by molar-refractivity contribution is 5.85. The number of para-hydroxylation sites is 1. The number of likely N-dealkylation sites (tertiary alicyclic amines) is 1. The van der Waals surface area contributed by atoms with Gasteiger partial charge in [-0.25, -0.2) is 9.97 Å². The number of imidazole rings is 1. The minimum Gasteiger partial charge on any atom is -0.480 e. The van der Waals surface area contributed by atoms with Crippen molar-refractivity contribution in [2.24, 2.45) is 11.3 Å². The molecule has 2 atom stereocenters. The van der Waals surface area contributed by atoms with Gasteiger partial charge in [0.15, 0.2) is 0 Å². The predicted octanol–water partition coefficient (Wildman–Crippen LogP) is 4.67. The molecule has 0 radical (unpaired) electrons. The minimum atomic E-state index is -0.210. The van der Waals surface area contributed by atoms with Crippen LogP contribution in [0.15, 0.2) is 36.5 Å². The van der Waals surface area contributed by atoms with Crippen molar-refractivity contribution in [3.05, 3.63) is 42.4 Å². The molecule has 8 heteroatoms. The van der Waals surface area contributed by atoms with Gasteiger partial charge < -0.3 is 19.9 Å². The van der Waals surface area contributed by atoms with E-state index < -0.39 is 0 Å². The van der Waals surface area contributed by atoms with Crippen LogP contribution in [0, 0.1) is 11.3 Å². The third kappa shape index (κ3) is 5.39. The van der Waals surface area contributed by atoms with Crippen LogP contribution >= 0.6 is 0 Å². The van der Waals surface area contributed by atoms with Crippen LogP contribution < -0.4 is 10.1 Å². The van der Waals surface area contributed by atoms with Crippen LogP contribution in [-0.4, -0.2) is 58.8 Å². The minimum absolute atomic E-state index is 0.0904. The molecule has 5 rings (SSSR count). The first-order chi connectivity index (χ1) is 17.9. The number of ether oxygens (including phenoxy) is 1. The van der Waals surface area contributed by atoms with E-state index in [0.29, 0.717) is 24.5 Å². The number of methoxy groups -OCH3 is 1. The highest BCUT2D eigenvalue weighted by Gasteiger charge is 2.63.